The van der Waals surface area contributed by atoms with Crippen LogP contribution in [0.5, 0.6) is 0 Å². The number of imidazole rings is 1. The Morgan fingerprint density at radius 1 is 1.59 bits per heavy atom. The number of nitrogens with one attached hydrogen (secondary N) is 2. The van der Waals surface area contributed by atoms with E-state index >= 15 is 0 Å². The molecule has 0 saturated carbocycles. The lowest BCUT2D eigenvalue weighted by atomic mass is 10.1. The van der Waals surface area contributed by atoms with Crippen molar-refractivity contribution < 1.29 is 4.79 Å². The van der Waals surface area contributed by atoms with E-state index in [1.165, 1.54) is 6.07 Å². The van der Waals surface area contributed by atoms with Gasteiger partial charge in [-0.1, -0.05) is 6.07 Å². The summed E-state index contributed by atoms with van der Waals surface area (Å²) in [6.45, 7) is 2.37. The molecular formula is C12H12N4O. The van der Waals surface area contributed by atoms with Crippen LogP contribution in [0.2, 0.25) is 0 Å². The summed E-state index contributed by atoms with van der Waals surface area (Å²) in [5, 5.41) is 10.8. The molecule has 1 amide bonds. The Balaban J connectivity index is 2.04. The van der Waals surface area contributed by atoms with Crippen molar-refractivity contribution in [1.29, 1.82) is 5.26 Å². The number of hydrogen-bond acceptors (Lipinski definition) is 3. The van der Waals surface area contributed by atoms with Crippen LogP contribution in [0.25, 0.3) is 11.0 Å². The van der Waals surface area contributed by atoms with Gasteiger partial charge in [0.25, 0.3) is 0 Å². The first kappa shape index (κ1) is 11.1. The van der Waals surface area contributed by atoms with Crippen molar-refractivity contribution >= 4 is 16.9 Å². The first-order valence-electron chi connectivity index (χ1n) is 5.32. The molecule has 0 unspecified atom stereocenters. The highest BCUT2D eigenvalue weighted by atomic mass is 16.1. The first-order valence-corrected chi connectivity index (χ1v) is 5.32. The van der Waals surface area contributed by atoms with E-state index in [0.29, 0.717) is 13.0 Å². The molecule has 0 aliphatic carbocycles. The molecule has 0 atom stereocenters. The van der Waals surface area contributed by atoms with Gasteiger partial charge in [0.15, 0.2) is 6.07 Å². The van der Waals surface area contributed by atoms with Gasteiger partial charge in [0.1, 0.15) is 5.82 Å². The second kappa shape index (κ2) is 4.66. The van der Waals surface area contributed by atoms with Crippen molar-refractivity contribution in [1.82, 2.24) is 15.3 Å². The molecule has 0 aliphatic heterocycles. The average Bonchev–Trinajstić information content (AvgIpc) is 2.68. The monoisotopic (exact) mass is 228 g/mol. The number of hydrogen-bond donors (Lipinski definition) is 2. The Morgan fingerprint density at radius 2 is 2.41 bits per heavy atom. The number of nitrogens with zero attached hydrogens (tertiary/aromatic N) is 2. The van der Waals surface area contributed by atoms with E-state index in [-0.39, 0.29) is 0 Å². The average molecular weight is 228 g/mol. The number of benzene rings is 1. The molecule has 5 nitrogen and oxygen atoms in total. The molecule has 5 heteroatoms. The zero-order chi connectivity index (χ0) is 12.3. The normalized spacial score (nSPS) is 10.1. The van der Waals surface area contributed by atoms with Crippen LogP contribution in [0.1, 0.15) is 11.4 Å². The highest BCUT2D eigenvalue weighted by Gasteiger charge is 2.02. The third kappa shape index (κ3) is 2.61. The molecule has 86 valence electrons. The zero-order valence-corrected chi connectivity index (χ0v) is 9.45. The molecule has 1 aromatic heterocycles. The molecule has 1 aromatic carbocycles. The van der Waals surface area contributed by atoms with Crippen molar-refractivity contribution in [2.24, 2.45) is 0 Å². The van der Waals surface area contributed by atoms with E-state index in [0.717, 1.165) is 22.4 Å². The van der Waals surface area contributed by atoms with Gasteiger partial charge in [0.05, 0.1) is 11.0 Å². The van der Waals surface area contributed by atoms with Crippen molar-refractivity contribution in [3.05, 3.63) is 29.6 Å². The number of nitriles is 1. The molecule has 1 heterocycles. The quantitative estimate of drug-likeness (QED) is 0.770. The number of rotatable bonds is 3. The van der Waals surface area contributed by atoms with Gasteiger partial charge >= 0.3 is 5.91 Å². The number of aromatic nitrogens is 2. The minimum absolute atomic E-state index is 0.463. The number of carbonyl (C=O) groups is 1. The molecule has 0 bridgehead atoms. The van der Waals surface area contributed by atoms with Crippen molar-refractivity contribution in [2.45, 2.75) is 13.3 Å². The predicted octanol–water partition coefficient (Wildman–Crippen LogP) is 1.05. The van der Waals surface area contributed by atoms with Gasteiger partial charge in [-0.15, -0.1) is 0 Å². The summed E-state index contributed by atoms with van der Waals surface area (Å²) in [4.78, 5) is 18.2. The van der Waals surface area contributed by atoms with Crippen molar-refractivity contribution in [3.8, 4) is 6.07 Å². The van der Waals surface area contributed by atoms with Gasteiger partial charge in [0, 0.05) is 6.54 Å². The van der Waals surface area contributed by atoms with Crippen molar-refractivity contribution in [2.75, 3.05) is 6.54 Å². The standard InChI is InChI=1S/C12H12N4O/c1-8-15-10-3-2-9(6-11(10)16-8)4-5-14-12(17)7-13/h2-3,6H,4-5H2,1H3,(H,14,17)(H,15,16). The lowest BCUT2D eigenvalue weighted by Crippen LogP contribution is -2.23. The van der Waals surface area contributed by atoms with Crippen LogP contribution in [0.15, 0.2) is 18.2 Å². The molecule has 2 rings (SSSR count). The third-order valence-corrected chi connectivity index (χ3v) is 2.47. The Bertz CT molecular complexity index is 594. The van der Waals surface area contributed by atoms with E-state index < -0.39 is 5.91 Å². The lowest BCUT2D eigenvalue weighted by Gasteiger charge is -2.01. The van der Waals surface area contributed by atoms with E-state index in [1.54, 1.807) is 0 Å². The van der Waals surface area contributed by atoms with Crippen LogP contribution >= 0.6 is 0 Å². The minimum atomic E-state index is -0.594. The fourth-order valence-electron chi connectivity index (χ4n) is 1.70. The van der Waals surface area contributed by atoms with Crippen LogP contribution in [0.3, 0.4) is 0 Å². The van der Waals surface area contributed by atoms with Gasteiger partial charge in [-0.05, 0) is 31.0 Å². The number of amides is 1. The fraction of sp³-hybridized carbons (Fsp3) is 0.250. The largest absolute Gasteiger partial charge is 0.343 e. The van der Waals surface area contributed by atoms with Gasteiger partial charge in [-0.3, -0.25) is 4.79 Å². The summed E-state index contributed by atoms with van der Waals surface area (Å²) in [6, 6.07) is 7.44. The molecule has 0 saturated heterocycles. The number of fused-ring (bicyclic) bond motifs is 1. The van der Waals surface area contributed by atoms with E-state index in [4.69, 9.17) is 5.26 Å². The van der Waals surface area contributed by atoms with Gasteiger partial charge in [0.2, 0.25) is 0 Å². The number of carbonyl (C=O) groups excluding carboxylic acids is 1. The zero-order valence-electron chi connectivity index (χ0n) is 9.45. The van der Waals surface area contributed by atoms with Gasteiger partial charge < -0.3 is 10.3 Å². The topological polar surface area (TPSA) is 81.6 Å². The van der Waals surface area contributed by atoms with Crippen LogP contribution in [-0.4, -0.2) is 22.4 Å². The summed E-state index contributed by atoms with van der Waals surface area (Å²) in [7, 11) is 0. The summed E-state index contributed by atoms with van der Waals surface area (Å²) in [5.41, 5.74) is 3.03. The van der Waals surface area contributed by atoms with E-state index in [2.05, 4.69) is 15.3 Å². The summed E-state index contributed by atoms with van der Waals surface area (Å²) >= 11 is 0. The predicted molar refractivity (Wildman–Crippen MR) is 63.2 cm³/mol. The lowest BCUT2D eigenvalue weighted by molar-refractivity contribution is -0.115. The van der Waals surface area contributed by atoms with Crippen molar-refractivity contribution in [3.63, 3.8) is 0 Å². The minimum Gasteiger partial charge on any atom is -0.343 e. The third-order valence-electron chi connectivity index (χ3n) is 2.47. The second-order valence-electron chi connectivity index (χ2n) is 3.79. The number of aryl methyl sites for hydroxylation is 1. The molecule has 0 spiro atoms. The SMILES string of the molecule is Cc1nc2ccc(CCNC(=O)C#N)cc2[nH]1. The molecule has 2 N–H and O–H groups in total. The molecule has 2 aromatic rings. The number of H-pyrrole nitrogens is 1. The Labute approximate surface area is 98.5 Å². The van der Waals surface area contributed by atoms with Gasteiger partial charge in [-0.25, -0.2) is 4.98 Å². The van der Waals surface area contributed by atoms with E-state index in [9.17, 15) is 4.79 Å². The van der Waals surface area contributed by atoms with Crippen LogP contribution < -0.4 is 5.32 Å². The summed E-state index contributed by atoms with van der Waals surface area (Å²) in [6.07, 6.45) is 0.696. The Hall–Kier alpha value is -2.35. The second-order valence-corrected chi connectivity index (χ2v) is 3.79. The Morgan fingerprint density at radius 3 is 3.18 bits per heavy atom. The highest BCUT2D eigenvalue weighted by molar-refractivity contribution is 5.91. The van der Waals surface area contributed by atoms with Crippen LogP contribution in [0.4, 0.5) is 0 Å². The first-order chi connectivity index (χ1) is 8.19. The maximum Gasteiger partial charge on any atom is 0.322 e. The fourth-order valence-corrected chi connectivity index (χ4v) is 1.70. The molecular weight excluding hydrogens is 216 g/mol. The smallest absolute Gasteiger partial charge is 0.322 e. The summed E-state index contributed by atoms with van der Waals surface area (Å²) in [5.74, 6) is 0.290. The highest BCUT2D eigenvalue weighted by Crippen LogP contribution is 2.13. The number of aromatic amines is 1. The maximum atomic E-state index is 10.7. The molecule has 0 fully saturated rings. The summed E-state index contributed by atoms with van der Waals surface area (Å²) < 4.78 is 0. The van der Waals surface area contributed by atoms with Crippen LogP contribution in [0, 0.1) is 18.3 Å². The molecule has 17 heavy (non-hydrogen) atoms. The Kier molecular flexibility index (Phi) is 3.06. The van der Waals surface area contributed by atoms with E-state index in [1.807, 2.05) is 25.1 Å². The van der Waals surface area contributed by atoms with Gasteiger partial charge in [-0.2, -0.15) is 5.26 Å². The maximum absolute atomic E-state index is 10.7. The molecule has 0 radical (unpaired) electrons. The van der Waals surface area contributed by atoms with Crippen LogP contribution in [-0.2, 0) is 11.2 Å². The molecule has 0 aliphatic rings.